The number of phenols is 1. The SMILES string of the molecule is O=C(O)c1cc(O)ccc1[N+](=O)[O-].[K].[K]. The summed E-state index contributed by atoms with van der Waals surface area (Å²) in [6.07, 6.45) is 0. The average Bonchev–Trinajstić information content (AvgIpc) is 2.03. The normalized spacial score (nSPS) is 8.27. The van der Waals surface area contributed by atoms with Gasteiger partial charge in [0.15, 0.2) is 0 Å². The molecule has 0 amide bonds. The van der Waals surface area contributed by atoms with E-state index >= 15 is 0 Å². The van der Waals surface area contributed by atoms with E-state index < -0.39 is 22.1 Å². The molecule has 15 heavy (non-hydrogen) atoms. The van der Waals surface area contributed by atoms with E-state index in [2.05, 4.69) is 0 Å². The van der Waals surface area contributed by atoms with Crippen molar-refractivity contribution in [3.8, 4) is 5.75 Å². The number of carbonyl (C=O) groups is 1. The van der Waals surface area contributed by atoms with Crippen molar-refractivity contribution in [2.75, 3.05) is 0 Å². The number of aromatic carboxylic acids is 1. The summed E-state index contributed by atoms with van der Waals surface area (Å²) in [5.41, 5.74) is -1.06. The Morgan fingerprint density at radius 2 is 1.87 bits per heavy atom. The van der Waals surface area contributed by atoms with Crippen LogP contribution in [0.1, 0.15) is 10.4 Å². The van der Waals surface area contributed by atoms with E-state index in [9.17, 15) is 14.9 Å². The molecule has 1 aromatic carbocycles. The summed E-state index contributed by atoms with van der Waals surface area (Å²) in [6, 6.07) is 2.84. The summed E-state index contributed by atoms with van der Waals surface area (Å²) in [6.45, 7) is 0. The van der Waals surface area contributed by atoms with E-state index in [0.717, 1.165) is 18.2 Å². The predicted octanol–water partition coefficient (Wildman–Crippen LogP) is 0.237. The second-order valence-corrected chi connectivity index (χ2v) is 2.26. The molecular weight excluding hydrogens is 256 g/mol. The molecule has 6 nitrogen and oxygen atoms in total. The Labute approximate surface area is 170 Å². The van der Waals surface area contributed by atoms with Gasteiger partial charge in [-0.05, 0) is 6.07 Å². The van der Waals surface area contributed by atoms with Gasteiger partial charge in [-0.25, -0.2) is 4.79 Å². The molecule has 1 aromatic rings. The summed E-state index contributed by atoms with van der Waals surface area (Å²) in [5, 5.41) is 27.7. The number of phenolic OH excluding ortho intramolecular Hbond substituents is 1. The zero-order valence-corrected chi connectivity index (χ0v) is 14.5. The summed E-state index contributed by atoms with van der Waals surface area (Å²) >= 11 is 0. The molecule has 2 N–H and O–H groups in total. The Hall–Kier alpha value is 1.16. The van der Waals surface area contributed by atoms with E-state index in [-0.39, 0.29) is 109 Å². The van der Waals surface area contributed by atoms with Crippen molar-refractivity contribution >= 4 is 114 Å². The Morgan fingerprint density at radius 1 is 1.33 bits per heavy atom. The molecule has 0 saturated carbocycles. The molecule has 0 atom stereocenters. The maximum absolute atomic E-state index is 10.5. The van der Waals surface area contributed by atoms with Gasteiger partial charge in [0.1, 0.15) is 11.3 Å². The summed E-state index contributed by atoms with van der Waals surface area (Å²) < 4.78 is 0. The van der Waals surface area contributed by atoms with Gasteiger partial charge in [-0.15, -0.1) is 0 Å². The largest absolute Gasteiger partial charge is 0.508 e. The number of nitrogens with zero attached hydrogens (tertiary/aromatic N) is 1. The van der Waals surface area contributed by atoms with Crippen LogP contribution < -0.4 is 0 Å². The predicted molar refractivity (Wildman–Crippen MR) is 53.2 cm³/mol. The fraction of sp³-hybridized carbons (Fsp3) is 0. The fourth-order valence-electron chi connectivity index (χ4n) is 0.855. The third kappa shape index (κ3) is 5.35. The number of benzene rings is 1. The van der Waals surface area contributed by atoms with E-state index in [0.29, 0.717) is 0 Å². The molecule has 2 radical (unpaired) electrons. The Balaban J connectivity index is 0. The minimum absolute atomic E-state index is 0. The Bertz CT molecular complexity index is 382. The van der Waals surface area contributed by atoms with Crippen LogP contribution in [0.25, 0.3) is 0 Å². The molecule has 0 unspecified atom stereocenters. The number of carboxylic acids is 1. The summed E-state index contributed by atoms with van der Waals surface area (Å²) in [5.74, 6) is -1.76. The first kappa shape index (κ1) is 18.5. The van der Waals surface area contributed by atoms with Gasteiger partial charge in [-0.3, -0.25) is 10.1 Å². The fourth-order valence-corrected chi connectivity index (χ4v) is 0.855. The number of nitro groups is 1. The molecule has 0 bridgehead atoms. The van der Waals surface area contributed by atoms with Gasteiger partial charge >= 0.3 is 5.97 Å². The van der Waals surface area contributed by atoms with Gasteiger partial charge in [-0.1, -0.05) is 0 Å². The van der Waals surface area contributed by atoms with Gasteiger partial charge in [-0.2, -0.15) is 0 Å². The molecule has 8 heteroatoms. The molecule has 0 aliphatic rings. The number of rotatable bonds is 2. The molecule has 0 aromatic heterocycles. The molecule has 0 aliphatic heterocycles. The summed E-state index contributed by atoms with van der Waals surface area (Å²) in [7, 11) is 0. The molecule has 1 rings (SSSR count). The molecule has 70 valence electrons. The maximum atomic E-state index is 10.5. The summed E-state index contributed by atoms with van der Waals surface area (Å²) in [4.78, 5) is 19.9. The quantitative estimate of drug-likeness (QED) is 0.451. The van der Waals surface area contributed by atoms with Crippen LogP contribution in [0.15, 0.2) is 18.2 Å². The van der Waals surface area contributed by atoms with Crippen molar-refractivity contribution in [2.24, 2.45) is 0 Å². The smallest absolute Gasteiger partial charge is 0.342 e. The van der Waals surface area contributed by atoms with Crippen LogP contribution in [-0.2, 0) is 0 Å². The third-order valence-electron chi connectivity index (χ3n) is 1.41. The van der Waals surface area contributed by atoms with E-state index in [1.807, 2.05) is 0 Å². The molecule has 0 heterocycles. The Morgan fingerprint density at radius 3 is 2.27 bits per heavy atom. The van der Waals surface area contributed by atoms with Crippen LogP contribution in [0.5, 0.6) is 5.75 Å². The van der Waals surface area contributed by atoms with Crippen molar-refractivity contribution < 1.29 is 19.9 Å². The van der Waals surface area contributed by atoms with Gasteiger partial charge in [0.05, 0.1) is 4.92 Å². The van der Waals surface area contributed by atoms with Crippen molar-refractivity contribution in [1.29, 1.82) is 0 Å². The third-order valence-corrected chi connectivity index (χ3v) is 1.41. The van der Waals surface area contributed by atoms with Crippen LogP contribution in [0.4, 0.5) is 5.69 Å². The minimum atomic E-state index is -1.44. The number of hydrogen-bond acceptors (Lipinski definition) is 4. The van der Waals surface area contributed by atoms with Crippen LogP contribution >= 0.6 is 0 Å². The van der Waals surface area contributed by atoms with Crippen molar-refractivity contribution in [1.82, 2.24) is 0 Å². The molecule has 0 saturated heterocycles. The number of hydrogen-bond donors (Lipinski definition) is 2. The standard InChI is InChI=1S/C7H5NO5.2K/c9-4-1-2-6(8(12)13)5(3-4)7(10)11;;/h1-3,9H,(H,10,11);;. The first-order valence-electron chi connectivity index (χ1n) is 3.23. The van der Waals surface area contributed by atoms with Crippen LogP contribution in [0, 0.1) is 10.1 Å². The average molecular weight is 261 g/mol. The number of aromatic hydroxyl groups is 1. The number of carboxylic acid groups (broad SMARTS) is 1. The second-order valence-electron chi connectivity index (χ2n) is 2.26. The zero-order chi connectivity index (χ0) is 10.0. The van der Waals surface area contributed by atoms with Crippen molar-refractivity contribution in [3.63, 3.8) is 0 Å². The molecular formula is C7H5K2NO5. The molecule has 0 spiro atoms. The molecule has 0 fully saturated rings. The van der Waals surface area contributed by atoms with Crippen molar-refractivity contribution in [2.45, 2.75) is 0 Å². The maximum Gasteiger partial charge on any atom is 0.342 e. The zero-order valence-electron chi connectivity index (χ0n) is 8.30. The topological polar surface area (TPSA) is 101 Å². The van der Waals surface area contributed by atoms with Crippen LogP contribution in [0.3, 0.4) is 0 Å². The van der Waals surface area contributed by atoms with E-state index in [1.54, 1.807) is 0 Å². The monoisotopic (exact) mass is 261 g/mol. The van der Waals surface area contributed by atoms with E-state index in [1.165, 1.54) is 0 Å². The van der Waals surface area contributed by atoms with Crippen LogP contribution in [0.2, 0.25) is 0 Å². The first-order valence-corrected chi connectivity index (χ1v) is 3.23. The van der Waals surface area contributed by atoms with Crippen LogP contribution in [-0.4, -0.2) is 124 Å². The van der Waals surface area contributed by atoms with Gasteiger partial charge in [0, 0.05) is 115 Å². The van der Waals surface area contributed by atoms with Crippen molar-refractivity contribution in [3.05, 3.63) is 33.9 Å². The first-order chi connectivity index (χ1) is 6.02. The number of nitro benzene ring substituents is 1. The van der Waals surface area contributed by atoms with Gasteiger partial charge in [0.25, 0.3) is 5.69 Å². The Kier molecular flexibility index (Phi) is 10.2. The second kappa shape index (κ2) is 8.28. The van der Waals surface area contributed by atoms with E-state index in [4.69, 9.17) is 10.2 Å². The molecule has 0 aliphatic carbocycles. The van der Waals surface area contributed by atoms with Gasteiger partial charge < -0.3 is 10.2 Å². The minimum Gasteiger partial charge on any atom is -0.508 e. The van der Waals surface area contributed by atoms with Gasteiger partial charge in [0.2, 0.25) is 0 Å².